The molecule has 4 heteroatoms. The van der Waals surface area contributed by atoms with E-state index in [1.54, 1.807) is 0 Å². The van der Waals surface area contributed by atoms with Crippen molar-refractivity contribution in [1.29, 1.82) is 0 Å². The van der Waals surface area contributed by atoms with Crippen LogP contribution in [0, 0.1) is 6.92 Å². The molecule has 92 valence electrons. The lowest BCUT2D eigenvalue weighted by Gasteiger charge is -2.02. The van der Waals surface area contributed by atoms with Crippen LogP contribution < -0.4 is 0 Å². The van der Waals surface area contributed by atoms with Crippen molar-refractivity contribution in [3.8, 4) is 0 Å². The minimum Gasteiger partial charge on any atom is -0.340 e. The second-order valence-electron chi connectivity index (χ2n) is 4.46. The highest BCUT2D eigenvalue weighted by atomic mass is 16.5. The fourth-order valence-corrected chi connectivity index (χ4v) is 2.08. The summed E-state index contributed by atoms with van der Waals surface area (Å²) >= 11 is 0. The topological polar surface area (TPSA) is 43.9 Å². The standard InChI is InChI=1S/C14H15N3O/c1-3-14-15-13(16-18-14)9-17-7-6-11-5-4-10(2)8-12(11)17/h4-8H,3,9H2,1-2H3. The first-order valence-corrected chi connectivity index (χ1v) is 6.13. The number of rotatable bonds is 3. The van der Waals surface area contributed by atoms with Crippen LogP contribution in [0.4, 0.5) is 0 Å². The van der Waals surface area contributed by atoms with E-state index in [2.05, 4.69) is 52.1 Å². The zero-order valence-corrected chi connectivity index (χ0v) is 10.6. The smallest absolute Gasteiger partial charge is 0.226 e. The van der Waals surface area contributed by atoms with E-state index in [4.69, 9.17) is 4.52 Å². The lowest BCUT2D eigenvalue weighted by Crippen LogP contribution is -2.00. The van der Waals surface area contributed by atoms with Gasteiger partial charge < -0.3 is 9.09 Å². The van der Waals surface area contributed by atoms with Gasteiger partial charge in [-0.25, -0.2) is 0 Å². The average molecular weight is 241 g/mol. The van der Waals surface area contributed by atoms with Crippen molar-refractivity contribution < 1.29 is 4.52 Å². The van der Waals surface area contributed by atoms with E-state index in [-0.39, 0.29) is 0 Å². The van der Waals surface area contributed by atoms with Crippen LogP contribution in [0.3, 0.4) is 0 Å². The molecule has 0 aliphatic rings. The molecule has 0 saturated heterocycles. The Balaban J connectivity index is 1.96. The van der Waals surface area contributed by atoms with Crippen LogP contribution in [0.25, 0.3) is 10.9 Å². The van der Waals surface area contributed by atoms with E-state index in [9.17, 15) is 0 Å². The van der Waals surface area contributed by atoms with Gasteiger partial charge in [0.25, 0.3) is 0 Å². The van der Waals surface area contributed by atoms with Crippen LogP contribution in [0.1, 0.15) is 24.2 Å². The molecule has 2 heterocycles. The Bertz CT molecular complexity index is 681. The second-order valence-corrected chi connectivity index (χ2v) is 4.46. The average Bonchev–Trinajstić information content (AvgIpc) is 2.97. The third kappa shape index (κ3) is 1.90. The van der Waals surface area contributed by atoms with Crippen molar-refractivity contribution in [2.24, 2.45) is 0 Å². The van der Waals surface area contributed by atoms with Gasteiger partial charge in [-0.1, -0.05) is 24.2 Å². The maximum atomic E-state index is 5.12. The van der Waals surface area contributed by atoms with Crippen molar-refractivity contribution >= 4 is 10.9 Å². The predicted octanol–water partition coefficient (Wildman–Crippen LogP) is 2.94. The Morgan fingerprint density at radius 2 is 2.17 bits per heavy atom. The number of aromatic nitrogens is 3. The Morgan fingerprint density at radius 1 is 1.28 bits per heavy atom. The molecule has 3 aromatic rings. The fourth-order valence-electron chi connectivity index (χ4n) is 2.08. The van der Waals surface area contributed by atoms with Crippen molar-refractivity contribution in [3.05, 3.63) is 47.7 Å². The molecule has 1 aromatic carbocycles. The Labute approximate surface area is 105 Å². The van der Waals surface area contributed by atoms with Gasteiger partial charge in [-0.2, -0.15) is 4.98 Å². The number of aryl methyl sites for hydroxylation is 2. The largest absolute Gasteiger partial charge is 0.340 e. The van der Waals surface area contributed by atoms with E-state index in [1.165, 1.54) is 16.5 Å². The van der Waals surface area contributed by atoms with Crippen molar-refractivity contribution in [1.82, 2.24) is 14.7 Å². The molecule has 0 radical (unpaired) electrons. The summed E-state index contributed by atoms with van der Waals surface area (Å²) in [7, 11) is 0. The van der Waals surface area contributed by atoms with Crippen LogP contribution >= 0.6 is 0 Å². The first kappa shape index (κ1) is 11.0. The molecular formula is C14H15N3O. The number of nitrogens with zero attached hydrogens (tertiary/aromatic N) is 3. The summed E-state index contributed by atoms with van der Waals surface area (Å²) in [4.78, 5) is 4.33. The molecule has 3 rings (SSSR count). The summed E-state index contributed by atoms with van der Waals surface area (Å²) in [5.74, 6) is 1.42. The Morgan fingerprint density at radius 3 is 2.94 bits per heavy atom. The molecule has 0 N–H and O–H groups in total. The number of hydrogen-bond acceptors (Lipinski definition) is 3. The number of fused-ring (bicyclic) bond motifs is 1. The van der Waals surface area contributed by atoms with E-state index >= 15 is 0 Å². The van der Waals surface area contributed by atoms with Crippen LogP contribution in [-0.2, 0) is 13.0 Å². The molecule has 2 aromatic heterocycles. The predicted molar refractivity (Wildman–Crippen MR) is 69.5 cm³/mol. The first-order chi connectivity index (χ1) is 8.76. The first-order valence-electron chi connectivity index (χ1n) is 6.13. The lowest BCUT2D eigenvalue weighted by molar-refractivity contribution is 0.375. The summed E-state index contributed by atoms with van der Waals surface area (Å²) in [5.41, 5.74) is 2.46. The van der Waals surface area contributed by atoms with E-state index in [0.29, 0.717) is 12.4 Å². The SMILES string of the molecule is CCc1nc(Cn2ccc3ccc(C)cc32)no1. The molecule has 4 nitrogen and oxygen atoms in total. The minimum absolute atomic E-state index is 0.649. The molecule has 0 saturated carbocycles. The van der Waals surface area contributed by atoms with Crippen LogP contribution in [-0.4, -0.2) is 14.7 Å². The molecule has 0 aliphatic carbocycles. The normalized spacial score (nSPS) is 11.2. The second kappa shape index (κ2) is 4.29. The molecule has 18 heavy (non-hydrogen) atoms. The van der Waals surface area contributed by atoms with Crippen LogP contribution in [0.15, 0.2) is 35.0 Å². The van der Waals surface area contributed by atoms with Gasteiger partial charge in [-0.05, 0) is 30.0 Å². The zero-order valence-electron chi connectivity index (χ0n) is 10.6. The lowest BCUT2D eigenvalue weighted by atomic mass is 10.2. The Hall–Kier alpha value is -2.10. The van der Waals surface area contributed by atoms with Crippen LogP contribution in [0.5, 0.6) is 0 Å². The summed E-state index contributed by atoms with van der Waals surface area (Å²) < 4.78 is 7.27. The maximum absolute atomic E-state index is 5.12. The minimum atomic E-state index is 0.649. The van der Waals surface area contributed by atoms with Crippen molar-refractivity contribution in [2.75, 3.05) is 0 Å². The summed E-state index contributed by atoms with van der Waals surface area (Å²) in [6.45, 7) is 4.75. The number of benzene rings is 1. The van der Waals surface area contributed by atoms with Gasteiger partial charge in [0.05, 0.1) is 6.54 Å². The molecule has 0 bridgehead atoms. The van der Waals surface area contributed by atoms with Crippen molar-refractivity contribution in [2.45, 2.75) is 26.8 Å². The Kier molecular flexibility index (Phi) is 2.63. The summed E-state index contributed by atoms with van der Waals surface area (Å²) in [6, 6.07) is 8.54. The molecule has 0 atom stereocenters. The molecule has 0 unspecified atom stereocenters. The summed E-state index contributed by atoms with van der Waals surface area (Å²) in [6.07, 6.45) is 2.84. The van der Waals surface area contributed by atoms with E-state index in [0.717, 1.165) is 12.2 Å². The van der Waals surface area contributed by atoms with Gasteiger partial charge in [0.2, 0.25) is 5.89 Å². The van der Waals surface area contributed by atoms with Crippen molar-refractivity contribution in [3.63, 3.8) is 0 Å². The third-order valence-electron chi connectivity index (χ3n) is 3.05. The van der Waals surface area contributed by atoms with Gasteiger partial charge in [0, 0.05) is 18.1 Å². The van der Waals surface area contributed by atoms with Gasteiger partial charge >= 0.3 is 0 Å². The highest BCUT2D eigenvalue weighted by Gasteiger charge is 2.07. The summed E-state index contributed by atoms with van der Waals surface area (Å²) in [5, 5.41) is 5.22. The molecule has 0 fully saturated rings. The highest BCUT2D eigenvalue weighted by Crippen LogP contribution is 2.18. The van der Waals surface area contributed by atoms with Crippen LogP contribution in [0.2, 0.25) is 0 Å². The van der Waals surface area contributed by atoms with Gasteiger partial charge in [-0.3, -0.25) is 0 Å². The molecule has 0 aliphatic heterocycles. The monoisotopic (exact) mass is 241 g/mol. The van der Waals surface area contributed by atoms with E-state index in [1.807, 2.05) is 6.92 Å². The highest BCUT2D eigenvalue weighted by molar-refractivity contribution is 5.80. The maximum Gasteiger partial charge on any atom is 0.226 e. The number of hydrogen-bond donors (Lipinski definition) is 0. The third-order valence-corrected chi connectivity index (χ3v) is 3.05. The van der Waals surface area contributed by atoms with Gasteiger partial charge in [-0.15, -0.1) is 0 Å². The van der Waals surface area contributed by atoms with Gasteiger partial charge in [0.15, 0.2) is 5.82 Å². The van der Waals surface area contributed by atoms with E-state index < -0.39 is 0 Å². The zero-order chi connectivity index (χ0) is 12.5. The van der Waals surface area contributed by atoms with Gasteiger partial charge in [0.1, 0.15) is 0 Å². The quantitative estimate of drug-likeness (QED) is 0.708. The molecule has 0 amide bonds. The molecular weight excluding hydrogens is 226 g/mol. The molecule has 0 spiro atoms. The fraction of sp³-hybridized carbons (Fsp3) is 0.286.